The lowest BCUT2D eigenvalue weighted by Gasteiger charge is -2.11. The Hall–Kier alpha value is -0.330. The summed E-state index contributed by atoms with van der Waals surface area (Å²) < 4.78 is 0. The normalized spacial score (nSPS) is 32.6. The van der Waals surface area contributed by atoms with Gasteiger partial charge >= 0.3 is 0 Å². The molecule has 1 saturated carbocycles. The van der Waals surface area contributed by atoms with Gasteiger partial charge in [0.25, 0.3) is 0 Å². The van der Waals surface area contributed by atoms with E-state index in [0.717, 1.165) is 6.42 Å². The van der Waals surface area contributed by atoms with Crippen molar-refractivity contribution in [3.8, 4) is 0 Å². The molecule has 0 unspecified atom stereocenters. The summed E-state index contributed by atoms with van der Waals surface area (Å²) in [5.41, 5.74) is 0. The predicted octanol–water partition coefficient (Wildman–Crippen LogP) is 2.22. The van der Waals surface area contributed by atoms with E-state index in [0.29, 0.717) is 17.6 Å². The molecule has 0 aromatic heterocycles. The van der Waals surface area contributed by atoms with Crippen LogP contribution in [0.4, 0.5) is 0 Å². The van der Waals surface area contributed by atoms with Crippen molar-refractivity contribution in [3.05, 3.63) is 6.92 Å². The van der Waals surface area contributed by atoms with Crippen LogP contribution < -0.4 is 0 Å². The maximum atomic E-state index is 10.7. The van der Waals surface area contributed by atoms with Crippen LogP contribution in [0.2, 0.25) is 0 Å². The third-order valence-electron chi connectivity index (χ3n) is 2.37. The molecule has 1 nitrogen and oxygen atoms in total. The average Bonchev–Trinajstić information content (AvgIpc) is 2.15. The monoisotopic (exact) mass is 139 g/mol. The molecule has 1 heteroatoms. The topological polar surface area (TPSA) is 17.1 Å². The lowest BCUT2D eigenvalue weighted by atomic mass is 9.93. The molecule has 10 heavy (non-hydrogen) atoms. The van der Waals surface area contributed by atoms with Crippen LogP contribution in [0.1, 0.15) is 32.6 Å². The molecular formula is C9H15O. The molecule has 0 heterocycles. The van der Waals surface area contributed by atoms with Crippen molar-refractivity contribution >= 4 is 5.78 Å². The van der Waals surface area contributed by atoms with Crippen LogP contribution in [-0.2, 0) is 4.79 Å². The molecule has 0 saturated heterocycles. The number of carbonyl (C=O) groups excluding carboxylic acids is 1. The summed E-state index contributed by atoms with van der Waals surface area (Å²) in [5.74, 6) is 1.46. The van der Waals surface area contributed by atoms with Crippen molar-refractivity contribution in [1.82, 2.24) is 0 Å². The van der Waals surface area contributed by atoms with Crippen LogP contribution in [0.25, 0.3) is 0 Å². The number of ketones is 1. The number of rotatable bonds is 2. The highest BCUT2D eigenvalue weighted by Gasteiger charge is 2.23. The minimum absolute atomic E-state index is 0.320. The Morgan fingerprint density at radius 3 is 2.70 bits per heavy atom. The highest BCUT2D eigenvalue weighted by Crippen LogP contribution is 2.33. The second-order valence-electron chi connectivity index (χ2n) is 3.36. The fraction of sp³-hybridized carbons (Fsp3) is 0.778. The summed E-state index contributed by atoms with van der Waals surface area (Å²) in [6.45, 7) is 5.69. The molecule has 0 N–H and O–H groups in total. The van der Waals surface area contributed by atoms with Gasteiger partial charge in [0.1, 0.15) is 5.78 Å². The Morgan fingerprint density at radius 1 is 1.60 bits per heavy atom. The third kappa shape index (κ3) is 1.83. The van der Waals surface area contributed by atoms with Crippen molar-refractivity contribution in [1.29, 1.82) is 0 Å². The molecule has 1 fully saturated rings. The average molecular weight is 139 g/mol. The Bertz CT molecular complexity index is 129. The third-order valence-corrected chi connectivity index (χ3v) is 2.37. The molecule has 57 valence electrons. The molecule has 0 aromatic carbocycles. The van der Waals surface area contributed by atoms with Gasteiger partial charge in [0, 0.05) is 6.42 Å². The number of carbonyl (C=O) groups is 1. The molecule has 0 aromatic rings. The minimum Gasteiger partial charge on any atom is -0.300 e. The lowest BCUT2D eigenvalue weighted by Crippen LogP contribution is -2.08. The van der Waals surface area contributed by atoms with Gasteiger partial charge in [-0.05, 0) is 32.1 Å². The van der Waals surface area contributed by atoms with Crippen molar-refractivity contribution in [2.75, 3.05) is 0 Å². The van der Waals surface area contributed by atoms with Crippen LogP contribution in [0.5, 0.6) is 0 Å². The lowest BCUT2D eigenvalue weighted by molar-refractivity contribution is -0.118. The van der Waals surface area contributed by atoms with Gasteiger partial charge in [-0.1, -0.05) is 12.8 Å². The molecule has 0 amide bonds. The van der Waals surface area contributed by atoms with Gasteiger partial charge in [-0.25, -0.2) is 0 Å². The first-order valence-electron chi connectivity index (χ1n) is 4.02. The van der Waals surface area contributed by atoms with E-state index < -0.39 is 0 Å². The summed E-state index contributed by atoms with van der Waals surface area (Å²) in [5, 5.41) is 0. The zero-order chi connectivity index (χ0) is 7.56. The standard InChI is InChI=1S/C9H15O/c1-7-4-3-5-9(7)6-8(2)10/h7,9H,1,3-6H2,2H3/t7-,9-/m0/s1. The Balaban J connectivity index is 2.33. The zero-order valence-corrected chi connectivity index (χ0v) is 6.60. The predicted molar refractivity (Wildman–Crippen MR) is 41.5 cm³/mol. The van der Waals surface area contributed by atoms with Gasteiger partial charge in [0.05, 0.1) is 0 Å². The summed E-state index contributed by atoms with van der Waals surface area (Å²) in [7, 11) is 0. The Morgan fingerprint density at radius 2 is 2.30 bits per heavy atom. The summed E-state index contributed by atoms with van der Waals surface area (Å²) in [6.07, 6.45) is 4.46. The van der Waals surface area contributed by atoms with Crippen molar-refractivity contribution in [2.45, 2.75) is 32.6 Å². The molecule has 1 aliphatic carbocycles. The first kappa shape index (κ1) is 7.77. The molecular weight excluding hydrogens is 124 g/mol. The number of hydrogen-bond donors (Lipinski definition) is 0. The second-order valence-corrected chi connectivity index (χ2v) is 3.36. The van der Waals surface area contributed by atoms with E-state index in [-0.39, 0.29) is 0 Å². The Labute approximate surface area is 62.8 Å². The first-order valence-corrected chi connectivity index (χ1v) is 4.02. The molecule has 1 aliphatic rings. The summed E-state index contributed by atoms with van der Waals surface area (Å²) in [4.78, 5) is 10.7. The highest BCUT2D eigenvalue weighted by atomic mass is 16.1. The van der Waals surface area contributed by atoms with Gasteiger partial charge in [-0.3, -0.25) is 0 Å². The van der Waals surface area contributed by atoms with Crippen LogP contribution in [0.15, 0.2) is 0 Å². The van der Waals surface area contributed by atoms with E-state index in [9.17, 15) is 4.79 Å². The SMILES string of the molecule is [CH2][C@H]1CCC[C@H]1CC(C)=O. The van der Waals surface area contributed by atoms with Crippen LogP contribution in [-0.4, -0.2) is 5.78 Å². The molecule has 0 bridgehead atoms. The Kier molecular flexibility index (Phi) is 2.47. The van der Waals surface area contributed by atoms with Crippen molar-refractivity contribution < 1.29 is 4.79 Å². The summed E-state index contributed by atoms with van der Waals surface area (Å²) >= 11 is 0. The molecule has 2 atom stereocenters. The largest absolute Gasteiger partial charge is 0.300 e. The fourth-order valence-electron chi connectivity index (χ4n) is 1.75. The minimum atomic E-state index is 0.320. The fourth-order valence-corrected chi connectivity index (χ4v) is 1.75. The molecule has 0 spiro atoms. The second kappa shape index (κ2) is 3.18. The zero-order valence-electron chi connectivity index (χ0n) is 6.60. The van der Waals surface area contributed by atoms with Gasteiger partial charge in [0.2, 0.25) is 0 Å². The number of Topliss-reactive ketones (excluding diaryl/α,β-unsaturated/α-hetero) is 1. The van der Waals surface area contributed by atoms with Crippen LogP contribution >= 0.6 is 0 Å². The van der Waals surface area contributed by atoms with E-state index >= 15 is 0 Å². The quantitative estimate of drug-likeness (QED) is 0.573. The van der Waals surface area contributed by atoms with E-state index in [2.05, 4.69) is 6.92 Å². The highest BCUT2D eigenvalue weighted by molar-refractivity contribution is 5.75. The van der Waals surface area contributed by atoms with Gasteiger partial charge < -0.3 is 4.79 Å². The van der Waals surface area contributed by atoms with Crippen molar-refractivity contribution in [2.24, 2.45) is 11.8 Å². The van der Waals surface area contributed by atoms with Crippen LogP contribution in [0, 0.1) is 18.8 Å². The molecule has 1 rings (SSSR count). The van der Waals surface area contributed by atoms with E-state index in [1.165, 1.54) is 19.3 Å². The molecule has 0 aliphatic heterocycles. The number of hydrogen-bond acceptors (Lipinski definition) is 1. The van der Waals surface area contributed by atoms with E-state index in [4.69, 9.17) is 0 Å². The smallest absolute Gasteiger partial charge is 0.130 e. The summed E-state index contributed by atoms with van der Waals surface area (Å²) in [6, 6.07) is 0. The van der Waals surface area contributed by atoms with E-state index in [1.807, 2.05) is 0 Å². The first-order chi connectivity index (χ1) is 4.70. The molecule has 1 radical (unpaired) electrons. The van der Waals surface area contributed by atoms with Gasteiger partial charge in [-0.2, -0.15) is 0 Å². The van der Waals surface area contributed by atoms with Crippen molar-refractivity contribution in [3.63, 3.8) is 0 Å². The van der Waals surface area contributed by atoms with Gasteiger partial charge in [0.15, 0.2) is 0 Å². The maximum Gasteiger partial charge on any atom is 0.130 e. The van der Waals surface area contributed by atoms with E-state index in [1.54, 1.807) is 6.92 Å². The van der Waals surface area contributed by atoms with Crippen LogP contribution in [0.3, 0.4) is 0 Å². The maximum absolute atomic E-state index is 10.7. The van der Waals surface area contributed by atoms with Gasteiger partial charge in [-0.15, -0.1) is 0 Å².